The van der Waals surface area contributed by atoms with Crippen LogP contribution in [0.1, 0.15) is 12.5 Å². The molecular formula is C16H17N3O2. The topological polar surface area (TPSA) is 67.2 Å². The molecule has 0 aliphatic carbocycles. The zero-order valence-electron chi connectivity index (χ0n) is 12.3. The molecule has 5 nitrogen and oxygen atoms in total. The summed E-state index contributed by atoms with van der Waals surface area (Å²) < 4.78 is 10.6. The fourth-order valence-electron chi connectivity index (χ4n) is 2.02. The number of methoxy groups -OCH3 is 2. The molecule has 1 aromatic heterocycles. The van der Waals surface area contributed by atoms with Crippen LogP contribution in [0.3, 0.4) is 0 Å². The van der Waals surface area contributed by atoms with Crippen LogP contribution in [-0.4, -0.2) is 25.7 Å². The summed E-state index contributed by atoms with van der Waals surface area (Å²) in [5.74, 6) is 2.00. The van der Waals surface area contributed by atoms with Gasteiger partial charge in [0.1, 0.15) is 23.4 Å². The van der Waals surface area contributed by atoms with Crippen LogP contribution in [-0.2, 0) is 0 Å². The SMILES string of the molecule is CCNc1nc(-c2cc(OC)ccc2OC)ccc1C#N. The highest BCUT2D eigenvalue weighted by molar-refractivity contribution is 5.71. The minimum atomic E-state index is 0.516. The Balaban J connectivity index is 2.56. The van der Waals surface area contributed by atoms with Gasteiger partial charge in [0, 0.05) is 12.1 Å². The molecule has 21 heavy (non-hydrogen) atoms. The molecule has 0 saturated carbocycles. The molecule has 1 heterocycles. The highest BCUT2D eigenvalue weighted by Gasteiger charge is 2.12. The van der Waals surface area contributed by atoms with Crippen LogP contribution in [0.25, 0.3) is 11.3 Å². The van der Waals surface area contributed by atoms with Crippen molar-refractivity contribution >= 4 is 5.82 Å². The number of anilines is 1. The maximum atomic E-state index is 9.11. The first-order valence-corrected chi connectivity index (χ1v) is 6.60. The number of hydrogen-bond acceptors (Lipinski definition) is 5. The fraction of sp³-hybridized carbons (Fsp3) is 0.250. The Labute approximate surface area is 124 Å². The second kappa shape index (κ2) is 6.62. The number of ether oxygens (including phenoxy) is 2. The van der Waals surface area contributed by atoms with Gasteiger partial charge in [0.25, 0.3) is 0 Å². The normalized spacial score (nSPS) is 9.81. The highest BCUT2D eigenvalue weighted by atomic mass is 16.5. The van der Waals surface area contributed by atoms with Gasteiger partial charge in [-0.1, -0.05) is 0 Å². The van der Waals surface area contributed by atoms with Crippen LogP contribution in [0.4, 0.5) is 5.82 Å². The van der Waals surface area contributed by atoms with Gasteiger partial charge in [0.2, 0.25) is 0 Å². The summed E-state index contributed by atoms with van der Waals surface area (Å²) in [7, 11) is 3.22. The number of nitriles is 1. The van der Waals surface area contributed by atoms with Crippen molar-refractivity contribution in [3.63, 3.8) is 0 Å². The second-order valence-electron chi connectivity index (χ2n) is 4.30. The fourth-order valence-corrected chi connectivity index (χ4v) is 2.02. The zero-order valence-corrected chi connectivity index (χ0v) is 12.3. The summed E-state index contributed by atoms with van der Waals surface area (Å²) in [6, 6.07) is 11.2. The molecule has 1 N–H and O–H groups in total. The molecule has 0 fully saturated rings. The lowest BCUT2D eigenvalue weighted by Gasteiger charge is -2.12. The van der Waals surface area contributed by atoms with E-state index in [0.717, 1.165) is 17.0 Å². The molecule has 0 atom stereocenters. The van der Waals surface area contributed by atoms with Crippen molar-refractivity contribution in [2.24, 2.45) is 0 Å². The number of hydrogen-bond donors (Lipinski definition) is 1. The average Bonchev–Trinajstić information content (AvgIpc) is 2.54. The molecular weight excluding hydrogens is 266 g/mol. The molecule has 2 aromatic rings. The molecule has 0 radical (unpaired) electrons. The molecule has 108 valence electrons. The van der Waals surface area contributed by atoms with Crippen LogP contribution in [0.5, 0.6) is 11.5 Å². The van der Waals surface area contributed by atoms with E-state index < -0.39 is 0 Å². The van der Waals surface area contributed by atoms with E-state index in [0.29, 0.717) is 23.7 Å². The van der Waals surface area contributed by atoms with E-state index in [1.165, 1.54) is 0 Å². The lowest BCUT2D eigenvalue weighted by Crippen LogP contribution is -2.03. The quantitative estimate of drug-likeness (QED) is 0.913. The summed E-state index contributed by atoms with van der Waals surface area (Å²) in [6.07, 6.45) is 0. The first-order chi connectivity index (χ1) is 10.2. The molecule has 0 saturated heterocycles. The Kier molecular flexibility index (Phi) is 4.62. The summed E-state index contributed by atoms with van der Waals surface area (Å²) in [5, 5.41) is 12.2. The highest BCUT2D eigenvalue weighted by Crippen LogP contribution is 2.33. The van der Waals surface area contributed by atoms with E-state index in [2.05, 4.69) is 16.4 Å². The van der Waals surface area contributed by atoms with Crippen LogP contribution in [0, 0.1) is 11.3 Å². The number of pyridine rings is 1. The number of rotatable bonds is 5. The van der Waals surface area contributed by atoms with Crippen LogP contribution in [0.15, 0.2) is 30.3 Å². The average molecular weight is 283 g/mol. The predicted molar refractivity (Wildman–Crippen MR) is 81.7 cm³/mol. The monoisotopic (exact) mass is 283 g/mol. The van der Waals surface area contributed by atoms with Crippen LogP contribution >= 0.6 is 0 Å². The molecule has 0 spiro atoms. The van der Waals surface area contributed by atoms with Gasteiger partial charge in [-0.15, -0.1) is 0 Å². The summed E-state index contributed by atoms with van der Waals surface area (Å²) in [6.45, 7) is 2.65. The van der Waals surface area contributed by atoms with Gasteiger partial charge in [-0.2, -0.15) is 5.26 Å². The first kappa shape index (κ1) is 14.7. The van der Waals surface area contributed by atoms with Gasteiger partial charge >= 0.3 is 0 Å². The Morgan fingerprint density at radius 2 is 2.00 bits per heavy atom. The molecule has 0 bridgehead atoms. The van der Waals surface area contributed by atoms with Crippen molar-refractivity contribution in [1.29, 1.82) is 5.26 Å². The van der Waals surface area contributed by atoms with Crippen molar-refractivity contribution < 1.29 is 9.47 Å². The summed E-state index contributed by atoms with van der Waals surface area (Å²) in [4.78, 5) is 4.52. The van der Waals surface area contributed by atoms with E-state index >= 15 is 0 Å². The lowest BCUT2D eigenvalue weighted by molar-refractivity contribution is 0.404. The maximum absolute atomic E-state index is 9.11. The van der Waals surface area contributed by atoms with Crippen molar-refractivity contribution in [3.8, 4) is 28.8 Å². The Morgan fingerprint density at radius 1 is 1.19 bits per heavy atom. The van der Waals surface area contributed by atoms with E-state index in [-0.39, 0.29) is 0 Å². The third-order valence-electron chi connectivity index (χ3n) is 3.04. The molecule has 0 unspecified atom stereocenters. The van der Waals surface area contributed by atoms with E-state index in [1.54, 1.807) is 26.4 Å². The number of aromatic nitrogens is 1. The first-order valence-electron chi connectivity index (χ1n) is 6.60. The van der Waals surface area contributed by atoms with Gasteiger partial charge < -0.3 is 14.8 Å². The Bertz CT molecular complexity index is 678. The predicted octanol–water partition coefficient (Wildman–Crippen LogP) is 3.07. The maximum Gasteiger partial charge on any atom is 0.144 e. The molecule has 0 amide bonds. The van der Waals surface area contributed by atoms with Crippen LogP contribution < -0.4 is 14.8 Å². The zero-order chi connectivity index (χ0) is 15.2. The Hall–Kier alpha value is -2.74. The summed E-state index contributed by atoms with van der Waals surface area (Å²) in [5.41, 5.74) is 2.06. The number of nitrogens with one attached hydrogen (secondary N) is 1. The largest absolute Gasteiger partial charge is 0.497 e. The van der Waals surface area contributed by atoms with Crippen molar-refractivity contribution in [2.45, 2.75) is 6.92 Å². The standard InChI is InChI=1S/C16H17N3O2/c1-4-18-16-11(10-17)5-7-14(19-16)13-9-12(20-2)6-8-15(13)21-3/h5-9H,4H2,1-3H3,(H,18,19). The molecule has 0 aliphatic rings. The minimum Gasteiger partial charge on any atom is -0.497 e. The summed E-state index contributed by atoms with van der Waals surface area (Å²) >= 11 is 0. The second-order valence-corrected chi connectivity index (χ2v) is 4.30. The molecule has 0 aliphatic heterocycles. The molecule has 1 aromatic carbocycles. The van der Waals surface area contributed by atoms with Crippen LogP contribution in [0.2, 0.25) is 0 Å². The third-order valence-corrected chi connectivity index (χ3v) is 3.04. The van der Waals surface area contributed by atoms with Crippen molar-refractivity contribution in [2.75, 3.05) is 26.1 Å². The molecule has 5 heteroatoms. The van der Waals surface area contributed by atoms with Gasteiger partial charge in [0.15, 0.2) is 0 Å². The van der Waals surface area contributed by atoms with Gasteiger partial charge in [-0.05, 0) is 37.3 Å². The lowest BCUT2D eigenvalue weighted by atomic mass is 10.1. The Morgan fingerprint density at radius 3 is 2.62 bits per heavy atom. The number of benzene rings is 1. The number of nitrogens with zero attached hydrogens (tertiary/aromatic N) is 2. The van der Waals surface area contributed by atoms with E-state index in [9.17, 15) is 0 Å². The smallest absolute Gasteiger partial charge is 0.144 e. The van der Waals surface area contributed by atoms with E-state index in [4.69, 9.17) is 14.7 Å². The minimum absolute atomic E-state index is 0.516. The third kappa shape index (κ3) is 3.06. The van der Waals surface area contributed by atoms with Crippen molar-refractivity contribution in [1.82, 2.24) is 4.98 Å². The molecule has 2 rings (SSSR count). The van der Waals surface area contributed by atoms with Crippen molar-refractivity contribution in [3.05, 3.63) is 35.9 Å². The van der Waals surface area contributed by atoms with E-state index in [1.807, 2.05) is 25.1 Å². The van der Waals surface area contributed by atoms with Gasteiger partial charge in [-0.3, -0.25) is 0 Å². The van der Waals surface area contributed by atoms with Gasteiger partial charge in [-0.25, -0.2) is 4.98 Å². The van der Waals surface area contributed by atoms with Gasteiger partial charge in [0.05, 0.1) is 25.5 Å².